The first kappa shape index (κ1) is 34.7. The molecule has 0 spiro atoms. The van der Waals surface area contributed by atoms with Crippen LogP contribution >= 0.6 is 0 Å². The fourth-order valence-corrected chi connectivity index (χ4v) is 6.00. The largest absolute Gasteiger partial charge is 0.465 e. The molecule has 16 nitrogen and oxygen atoms in total. The Labute approximate surface area is 279 Å². The van der Waals surface area contributed by atoms with Gasteiger partial charge in [-0.05, 0) is 53.4 Å². The highest BCUT2D eigenvalue weighted by Gasteiger charge is 2.45. The molecule has 0 aliphatic carbocycles. The average Bonchev–Trinajstić information content (AvgIpc) is 3.61. The van der Waals surface area contributed by atoms with Crippen LogP contribution in [0.25, 0.3) is 22.6 Å². The molecular weight excluding hydrogens is 622 g/mol. The number of carboxylic acid groups (broad SMARTS) is 1. The number of nitrogens with zero attached hydrogens (tertiary/aromatic N) is 9. The molecule has 2 fully saturated rings. The Balaban J connectivity index is 1.59. The highest BCUT2D eigenvalue weighted by atomic mass is 16.6. The second kappa shape index (κ2) is 12.8. The first-order valence-electron chi connectivity index (χ1n) is 16.0. The van der Waals surface area contributed by atoms with E-state index in [9.17, 15) is 19.5 Å². The van der Waals surface area contributed by atoms with E-state index in [0.717, 1.165) is 0 Å². The Kier molecular flexibility index (Phi) is 9.25. The number of hydrogen-bond donors (Lipinski definition) is 1. The molecule has 260 valence electrons. The molecule has 16 heteroatoms. The van der Waals surface area contributed by atoms with Crippen molar-refractivity contribution in [3.63, 3.8) is 0 Å². The molecule has 5 heterocycles. The van der Waals surface area contributed by atoms with E-state index in [1.165, 1.54) is 17.3 Å². The number of likely N-dealkylation sites (tertiary alicyclic amines) is 1. The Morgan fingerprint density at radius 2 is 1.46 bits per heavy atom. The lowest BCUT2D eigenvalue weighted by Gasteiger charge is -2.37. The second-order valence-corrected chi connectivity index (χ2v) is 15.0. The van der Waals surface area contributed by atoms with Gasteiger partial charge in [-0.2, -0.15) is 0 Å². The summed E-state index contributed by atoms with van der Waals surface area (Å²) in [4.78, 5) is 66.0. The zero-order valence-electron chi connectivity index (χ0n) is 29.1. The van der Waals surface area contributed by atoms with Crippen molar-refractivity contribution in [1.82, 2.24) is 34.4 Å². The molecule has 0 bridgehead atoms. The molecule has 0 saturated carbocycles. The predicted molar refractivity (Wildman–Crippen MR) is 176 cm³/mol. The van der Waals surface area contributed by atoms with Crippen molar-refractivity contribution >= 4 is 41.2 Å². The van der Waals surface area contributed by atoms with E-state index < -0.39 is 29.5 Å². The molecule has 3 aromatic heterocycles. The van der Waals surface area contributed by atoms with E-state index in [4.69, 9.17) is 29.2 Å². The summed E-state index contributed by atoms with van der Waals surface area (Å²) in [6.45, 7) is 18.8. The van der Waals surface area contributed by atoms with Crippen LogP contribution in [0.5, 0.6) is 0 Å². The minimum Gasteiger partial charge on any atom is -0.465 e. The molecule has 2 saturated heterocycles. The maximum absolute atomic E-state index is 13.1. The van der Waals surface area contributed by atoms with Gasteiger partial charge in [-0.3, -0.25) is 0 Å². The van der Waals surface area contributed by atoms with Crippen molar-refractivity contribution in [2.24, 2.45) is 5.41 Å². The summed E-state index contributed by atoms with van der Waals surface area (Å²) in [5.74, 6) is 0.652. The first-order valence-corrected chi connectivity index (χ1v) is 16.0. The molecule has 3 amide bonds. The second-order valence-electron chi connectivity index (χ2n) is 15.0. The van der Waals surface area contributed by atoms with Crippen LogP contribution in [0.4, 0.5) is 26.1 Å². The number of carbonyl (C=O) groups excluding carboxylic acids is 2. The summed E-state index contributed by atoms with van der Waals surface area (Å²) in [7, 11) is 0. The third-order valence-electron chi connectivity index (χ3n) is 7.82. The van der Waals surface area contributed by atoms with Crippen LogP contribution in [-0.2, 0) is 14.2 Å². The van der Waals surface area contributed by atoms with Gasteiger partial charge in [-0.1, -0.05) is 20.8 Å². The number of amides is 3. The van der Waals surface area contributed by atoms with E-state index >= 15 is 0 Å². The van der Waals surface area contributed by atoms with Gasteiger partial charge in [0.25, 0.3) is 0 Å². The number of rotatable bonds is 4. The van der Waals surface area contributed by atoms with Gasteiger partial charge in [0.15, 0.2) is 22.8 Å². The number of carbonyl (C=O) groups is 3. The van der Waals surface area contributed by atoms with Gasteiger partial charge in [0.2, 0.25) is 5.95 Å². The minimum atomic E-state index is -0.985. The van der Waals surface area contributed by atoms with E-state index in [1.807, 2.05) is 25.3 Å². The Hall–Kier alpha value is -4.60. The van der Waals surface area contributed by atoms with Gasteiger partial charge < -0.3 is 33.7 Å². The fourth-order valence-electron chi connectivity index (χ4n) is 6.00. The lowest BCUT2D eigenvalue weighted by Crippen LogP contribution is -2.45. The van der Waals surface area contributed by atoms with Crippen LogP contribution in [0.1, 0.15) is 74.8 Å². The predicted octanol–water partition coefficient (Wildman–Crippen LogP) is 5.14. The van der Waals surface area contributed by atoms with E-state index in [0.29, 0.717) is 72.5 Å². The number of ether oxygens (including phenoxy) is 3. The normalized spacial score (nSPS) is 19.0. The van der Waals surface area contributed by atoms with Gasteiger partial charge in [-0.15, -0.1) is 4.90 Å². The number of hydrogen-bond acceptors (Lipinski definition) is 12. The van der Waals surface area contributed by atoms with E-state index in [-0.39, 0.29) is 23.4 Å². The van der Waals surface area contributed by atoms with Crippen molar-refractivity contribution in [3.05, 3.63) is 18.7 Å². The lowest BCUT2D eigenvalue weighted by molar-refractivity contribution is 0.0427. The number of fused-ring (bicyclic) bond motifs is 1. The maximum Gasteiger partial charge on any atom is 0.427 e. The van der Waals surface area contributed by atoms with Gasteiger partial charge in [0.05, 0.1) is 37.2 Å². The molecule has 2 atom stereocenters. The summed E-state index contributed by atoms with van der Waals surface area (Å²) in [5.41, 5.74) is -0.612. The van der Waals surface area contributed by atoms with Crippen LogP contribution < -0.4 is 9.80 Å². The summed E-state index contributed by atoms with van der Waals surface area (Å²) in [6.07, 6.45) is 2.22. The third-order valence-corrected chi connectivity index (χ3v) is 7.82. The van der Waals surface area contributed by atoms with Crippen molar-refractivity contribution < 1.29 is 33.7 Å². The molecule has 1 unspecified atom stereocenters. The number of morpholine rings is 1. The zero-order valence-corrected chi connectivity index (χ0v) is 29.1. The van der Waals surface area contributed by atoms with Gasteiger partial charge in [-0.25, -0.2) is 39.3 Å². The van der Waals surface area contributed by atoms with E-state index in [2.05, 4.69) is 14.9 Å². The minimum absolute atomic E-state index is 0.221. The third kappa shape index (κ3) is 7.42. The summed E-state index contributed by atoms with van der Waals surface area (Å²) in [6, 6.07) is -0.548. The summed E-state index contributed by atoms with van der Waals surface area (Å²) < 4.78 is 18.5. The van der Waals surface area contributed by atoms with Crippen molar-refractivity contribution in [1.29, 1.82) is 0 Å². The highest BCUT2D eigenvalue weighted by Crippen LogP contribution is 2.41. The van der Waals surface area contributed by atoms with Crippen LogP contribution in [0.15, 0.2) is 18.7 Å². The van der Waals surface area contributed by atoms with Crippen molar-refractivity contribution in [3.8, 4) is 11.4 Å². The molecule has 3 aromatic rings. The monoisotopic (exact) mass is 667 g/mol. The fraction of sp³-hybridized carbons (Fsp3) is 0.625. The van der Waals surface area contributed by atoms with Gasteiger partial charge in [0.1, 0.15) is 11.2 Å². The van der Waals surface area contributed by atoms with Crippen LogP contribution in [0.3, 0.4) is 0 Å². The average molecular weight is 668 g/mol. The smallest absolute Gasteiger partial charge is 0.427 e. The molecule has 1 N–H and O–H groups in total. The Morgan fingerprint density at radius 3 is 1.98 bits per heavy atom. The molecular formula is C32H45N9O7. The van der Waals surface area contributed by atoms with Crippen LogP contribution in [0.2, 0.25) is 0 Å². The van der Waals surface area contributed by atoms with Gasteiger partial charge in [0, 0.05) is 32.0 Å². The van der Waals surface area contributed by atoms with Crippen molar-refractivity contribution in [2.75, 3.05) is 42.6 Å². The molecule has 0 aromatic carbocycles. The first-order chi connectivity index (χ1) is 22.3. The van der Waals surface area contributed by atoms with Crippen molar-refractivity contribution in [2.45, 2.75) is 92.0 Å². The number of anilines is 2. The topological polar surface area (TPSA) is 178 Å². The molecule has 0 radical (unpaired) electrons. The number of imidazole rings is 1. The van der Waals surface area contributed by atoms with Crippen LogP contribution in [0, 0.1) is 5.41 Å². The van der Waals surface area contributed by atoms with Gasteiger partial charge >= 0.3 is 18.3 Å². The standard InChI is InChI=1S/C32H45N9O7/c1-30(2,3)22-20(10-11-39(22)27(42)43)40-18-35-21-24(38-12-14-46-15-13-38)36-23(37-25(21)40)19-16-33-26(34-17-19)41(28(44)47-31(4,5)6)29(45)48-32(7,8)9/h16-18,20,22H,10-15H2,1-9H3,(H,42,43)/t20-,22?/m0/s1. The number of imide groups is 1. The molecule has 5 rings (SSSR count). The lowest BCUT2D eigenvalue weighted by atomic mass is 9.82. The zero-order chi connectivity index (χ0) is 35.2. The Bertz CT molecular complexity index is 1640. The SMILES string of the molecule is CC(C)(C)OC(=O)N(C(=O)OC(C)(C)C)c1ncc(-c2nc(N3CCOCC3)c3ncn([C@H]4CCN(C(=O)O)C4C(C)(C)C)c3n2)cn1. The maximum atomic E-state index is 13.1. The molecule has 48 heavy (non-hydrogen) atoms. The Morgan fingerprint density at radius 1 is 0.875 bits per heavy atom. The molecule has 2 aliphatic heterocycles. The molecule has 2 aliphatic rings. The van der Waals surface area contributed by atoms with E-state index in [1.54, 1.807) is 47.9 Å². The highest BCUT2D eigenvalue weighted by molar-refractivity contribution is 6.08. The summed E-state index contributed by atoms with van der Waals surface area (Å²) in [5, 5.41) is 10.0. The van der Waals surface area contributed by atoms with Crippen LogP contribution in [-0.4, -0.2) is 108 Å². The quantitative estimate of drug-likeness (QED) is 0.387. The number of aromatic nitrogens is 6. The summed E-state index contributed by atoms with van der Waals surface area (Å²) >= 11 is 0.